The van der Waals surface area contributed by atoms with E-state index < -0.39 is 23.9 Å². The lowest BCUT2D eigenvalue weighted by molar-refractivity contribution is -0.147. The number of anilines is 2. The van der Waals surface area contributed by atoms with Crippen molar-refractivity contribution in [3.63, 3.8) is 0 Å². The average Bonchev–Trinajstić information content (AvgIpc) is 3.48. The van der Waals surface area contributed by atoms with Gasteiger partial charge in [0.05, 0.1) is 18.4 Å². The monoisotopic (exact) mass is 701 g/mol. The third kappa shape index (κ3) is 8.19. The number of hydrogen-bond donors (Lipinski definition) is 3. The maximum absolute atomic E-state index is 14.6. The van der Waals surface area contributed by atoms with Crippen LogP contribution in [0.25, 0.3) is 0 Å². The molecule has 2 aromatic carbocycles. The molecule has 5 amide bonds. The van der Waals surface area contributed by atoms with Gasteiger partial charge < -0.3 is 30.7 Å². The second kappa shape index (κ2) is 15.1. The molecular weight excluding hydrogens is 656 g/mol. The van der Waals surface area contributed by atoms with Crippen LogP contribution in [-0.2, 0) is 40.3 Å². The number of hydrogen-bond acceptors (Lipinski definition) is 6. The summed E-state index contributed by atoms with van der Waals surface area (Å²) < 4.78 is 27.7. The number of likely N-dealkylation sites (tertiary alicyclic amines) is 2. The van der Waals surface area contributed by atoms with E-state index in [2.05, 4.69) is 20.9 Å². The highest BCUT2D eigenvalue weighted by atomic mass is 19.3. The molecule has 3 aromatic rings. The normalized spacial score (nSPS) is 17.8. The molecule has 1 aromatic heterocycles. The number of halogens is 2. The van der Waals surface area contributed by atoms with E-state index in [4.69, 9.17) is 0 Å². The minimum absolute atomic E-state index is 0.0119. The minimum Gasteiger partial charge on any atom is -0.329 e. The summed E-state index contributed by atoms with van der Waals surface area (Å²) in [6.07, 6.45) is 3.22. The number of alkyl halides is 2. The van der Waals surface area contributed by atoms with Crippen LogP contribution in [0.3, 0.4) is 0 Å². The van der Waals surface area contributed by atoms with Gasteiger partial charge in [0.1, 0.15) is 12.4 Å². The Labute approximate surface area is 296 Å². The summed E-state index contributed by atoms with van der Waals surface area (Å²) in [5.41, 5.74) is 4.25. The lowest BCUT2D eigenvalue weighted by Crippen LogP contribution is -2.54. The predicted octanol–water partition coefficient (Wildman–Crippen LogP) is 4.81. The summed E-state index contributed by atoms with van der Waals surface area (Å²) in [5.74, 6) is -3.10. The summed E-state index contributed by atoms with van der Waals surface area (Å²) in [7, 11) is 1.85. The Morgan fingerprint density at radius 2 is 1.67 bits per heavy atom. The smallest absolute Gasteiger partial charge is 0.320 e. The van der Waals surface area contributed by atoms with Crippen molar-refractivity contribution < 1.29 is 28.0 Å². The standard InChI is InChI=1S/C38H45F2N7O4/c1-3-37(12-16-45(17-13-37)36(51)46-18-14-38(39,40)25-46)35(50)47(23-29-8-5-4-7-28(29)22-41-2)24-33(49)43-31-11-10-26-19-27-9-6-15-42-34(27)44-32(48)21-30(26)20-31/h4-11,15,20,41H,3,12-14,16-19,21-25H2,1-2H3,(H,43,49)(H,42,44,48). The molecule has 3 aliphatic rings. The van der Waals surface area contributed by atoms with Crippen molar-refractivity contribution in [2.75, 3.05) is 50.4 Å². The van der Waals surface area contributed by atoms with Crippen LogP contribution in [0.1, 0.15) is 60.4 Å². The number of rotatable bonds is 9. The summed E-state index contributed by atoms with van der Waals surface area (Å²) >= 11 is 0. The van der Waals surface area contributed by atoms with Crippen molar-refractivity contribution in [2.24, 2.45) is 5.41 Å². The zero-order chi connectivity index (χ0) is 36.2. The lowest BCUT2D eigenvalue weighted by atomic mass is 9.74. The SMILES string of the molecule is CCC1(C(=O)N(CC(=O)Nc2ccc3c(c2)CC(=O)Nc2ncccc2C3)Cc2ccccc2CNC)CCN(C(=O)N2CCC(F)(F)C2)CC1. The number of fused-ring (bicyclic) bond motifs is 2. The number of carbonyl (C=O) groups is 4. The number of urea groups is 1. The van der Waals surface area contributed by atoms with E-state index in [1.807, 2.05) is 56.4 Å². The van der Waals surface area contributed by atoms with Gasteiger partial charge in [-0.1, -0.05) is 43.3 Å². The van der Waals surface area contributed by atoms with Crippen LogP contribution in [0.15, 0.2) is 60.8 Å². The largest absolute Gasteiger partial charge is 0.329 e. The van der Waals surface area contributed by atoms with Crippen molar-refractivity contribution in [1.29, 1.82) is 0 Å². The van der Waals surface area contributed by atoms with Gasteiger partial charge in [0.25, 0.3) is 5.92 Å². The predicted molar refractivity (Wildman–Crippen MR) is 189 cm³/mol. The highest BCUT2D eigenvalue weighted by Gasteiger charge is 2.46. The Bertz CT molecular complexity index is 1790. The van der Waals surface area contributed by atoms with Gasteiger partial charge in [0.2, 0.25) is 17.7 Å². The number of nitrogens with zero attached hydrogens (tertiary/aromatic N) is 4. The molecule has 2 fully saturated rings. The van der Waals surface area contributed by atoms with E-state index in [9.17, 15) is 28.0 Å². The van der Waals surface area contributed by atoms with Gasteiger partial charge in [-0.25, -0.2) is 18.6 Å². The molecule has 51 heavy (non-hydrogen) atoms. The van der Waals surface area contributed by atoms with Crippen molar-refractivity contribution in [1.82, 2.24) is 25.0 Å². The molecule has 0 radical (unpaired) electrons. The zero-order valence-electron chi connectivity index (χ0n) is 29.1. The molecule has 0 atom stereocenters. The summed E-state index contributed by atoms with van der Waals surface area (Å²) in [6.45, 7) is 2.47. The van der Waals surface area contributed by atoms with Crippen molar-refractivity contribution in [2.45, 2.75) is 64.5 Å². The van der Waals surface area contributed by atoms with Gasteiger partial charge in [-0.2, -0.15) is 0 Å². The number of nitrogens with one attached hydrogen (secondary N) is 3. The molecular formula is C38H45F2N7O4. The molecule has 11 nitrogen and oxygen atoms in total. The van der Waals surface area contributed by atoms with Crippen LogP contribution >= 0.6 is 0 Å². The average molecular weight is 702 g/mol. The highest BCUT2D eigenvalue weighted by Crippen LogP contribution is 2.38. The first-order valence-electron chi connectivity index (χ1n) is 17.6. The van der Waals surface area contributed by atoms with Crippen LogP contribution in [0.4, 0.5) is 25.1 Å². The molecule has 0 aliphatic carbocycles. The molecule has 0 saturated carbocycles. The third-order valence-corrected chi connectivity index (χ3v) is 10.4. The molecule has 3 N–H and O–H groups in total. The van der Waals surface area contributed by atoms with Crippen LogP contribution < -0.4 is 16.0 Å². The van der Waals surface area contributed by atoms with Gasteiger partial charge >= 0.3 is 6.03 Å². The van der Waals surface area contributed by atoms with Crippen molar-refractivity contribution >= 4 is 35.3 Å². The van der Waals surface area contributed by atoms with Crippen LogP contribution in [-0.4, -0.2) is 89.1 Å². The number of pyridine rings is 1. The molecule has 0 bridgehead atoms. The fourth-order valence-corrected chi connectivity index (χ4v) is 7.42. The van der Waals surface area contributed by atoms with E-state index in [-0.39, 0.29) is 63.3 Å². The van der Waals surface area contributed by atoms with Gasteiger partial charge in [-0.3, -0.25) is 14.4 Å². The zero-order valence-corrected chi connectivity index (χ0v) is 29.1. The van der Waals surface area contributed by atoms with Crippen LogP contribution in [0.2, 0.25) is 0 Å². The Kier molecular flexibility index (Phi) is 10.7. The van der Waals surface area contributed by atoms with E-state index in [0.29, 0.717) is 43.7 Å². The topological polar surface area (TPSA) is 127 Å². The van der Waals surface area contributed by atoms with Gasteiger partial charge in [0, 0.05) is 57.4 Å². The maximum Gasteiger partial charge on any atom is 0.320 e. The molecule has 3 aliphatic heterocycles. The van der Waals surface area contributed by atoms with Crippen molar-refractivity contribution in [3.05, 3.63) is 88.6 Å². The first-order valence-corrected chi connectivity index (χ1v) is 17.6. The number of benzene rings is 2. The Morgan fingerprint density at radius 1 is 0.922 bits per heavy atom. The molecule has 270 valence electrons. The summed E-state index contributed by atoms with van der Waals surface area (Å²) in [5, 5.41) is 8.99. The molecule has 2 saturated heterocycles. The molecule has 0 spiro atoms. The quantitative estimate of drug-likeness (QED) is 0.294. The highest BCUT2D eigenvalue weighted by molar-refractivity contribution is 5.96. The van der Waals surface area contributed by atoms with E-state index in [0.717, 1.165) is 27.8 Å². The Hall–Kier alpha value is -4.91. The first kappa shape index (κ1) is 35.9. The second-order valence-corrected chi connectivity index (χ2v) is 13.8. The van der Waals surface area contributed by atoms with Crippen LogP contribution in [0, 0.1) is 5.41 Å². The fourth-order valence-electron chi connectivity index (χ4n) is 7.42. The third-order valence-electron chi connectivity index (χ3n) is 10.4. The maximum atomic E-state index is 14.6. The number of aromatic nitrogens is 1. The fraction of sp³-hybridized carbons (Fsp3) is 0.447. The molecule has 13 heteroatoms. The number of carbonyl (C=O) groups excluding carboxylic acids is 4. The number of piperidine rings is 1. The molecule has 4 heterocycles. The lowest BCUT2D eigenvalue weighted by Gasteiger charge is -2.43. The van der Waals surface area contributed by atoms with Gasteiger partial charge in [-0.15, -0.1) is 0 Å². The van der Waals surface area contributed by atoms with E-state index in [1.165, 1.54) is 4.90 Å². The van der Waals surface area contributed by atoms with Gasteiger partial charge in [-0.05, 0) is 72.3 Å². The Morgan fingerprint density at radius 3 is 2.37 bits per heavy atom. The molecule has 0 unspecified atom stereocenters. The molecule has 6 rings (SSSR count). The van der Waals surface area contributed by atoms with Crippen molar-refractivity contribution in [3.8, 4) is 0 Å². The Balaban J connectivity index is 1.20. The number of amides is 5. The van der Waals surface area contributed by atoms with Crippen LogP contribution in [0.5, 0.6) is 0 Å². The second-order valence-electron chi connectivity index (χ2n) is 13.8. The van der Waals surface area contributed by atoms with E-state index in [1.54, 1.807) is 28.1 Å². The summed E-state index contributed by atoms with van der Waals surface area (Å²) in [4.78, 5) is 62.9. The minimum atomic E-state index is -2.88. The van der Waals surface area contributed by atoms with E-state index >= 15 is 0 Å². The first-order chi connectivity index (χ1) is 24.5. The summed E-state index contributed by atoms with van der Waals surface area (Å²) in [6, 6.07) is 16.6. The van der Waals surface area contributed by atoms with Gasteiger partial charge in [0.15, 0.2) is 0 Å².